The van der Waals surface area contributed by atoms with Gasteiger partial charge in [0.2, 0.25) is 5.91 Å². The van der Waals surface area contributed by atoms with Crippen LogP contribution in [0.1, 0.15) is 13.3 Å². The number of hydrogen-bond donors (Lipinski definition) is 1. The third-order valence-electron chi connectivity index (χ3n) is 2.25. The van der Waals surface area contributed by atoms with Gasteiger partial charge in [0.25, 0.3) is 0 Å². The first-order chi connectivity index (χ1) is 7.15. The molecule has 0 saturated carbocycles. The number of amides is 1. The first kappa shape index (κ1) is 11.9. The zero-order valence-electron chi connectivity index (χ0n) is 8.68. The minimum Gasteiger partial charge on any atom is -0.369 e. The van der Waals surface area contributed by atoms with Crippen molar-refractivity contribution >= 4 is 16.7 Å². The topological polar surface area (TPSA) is 60.2 Å². The van der Waals surface area contributed by atoms with Gasteiger partial charge in [-0.2, -0.15) is 0 Å². The second kappa shape index (κ2) is 5.66. The van der Waals surface area contributed by atoms with Crippen molar-refractivity contribution in [1.29, 1.82) is 0 Å². The first-order valence-electron chi connectivity index (χ1n) is 4.88. The summed E-state index contributed by atoms with van der Waals surface area (Å²) < 4.78 is 11.8. The Morgan fingerprint density at radius 3 is 2.47 bits per heavy atom. The van der Waals surface area contributed by atoms with Crippen molar-refractivity contribution in [2.24, 2.45) is 11.7 Å². The Labute approximate surface area is 92.1 Å². The smallest absolute Gasteiger partial charge is 0.221 e. The molecule has 2 atom stereocenters. The van der Waals surface area contributed by atoms with Crippen molar-refractivity contribution in [2.75, 3.05) is 5.75 Å². The molecule has 0 fully saturated rings. The number of benzene rings is 1. The Hall–Kier alpha value is -1.16. The summed E-state index contributed by atoms with van der Waals surface area (Å²) in [6.07, 6.45) is 0.633. The van der Waals surface area contributed by atoms with Crippen LogP contribution in [0.25, 0.3) is 0 Å². The fourth-order valence-corrected chi connectivity index (χ4v) is 2.67. The second-order valence-electron chi connectivity index (χ2n) is 3.33. The number of primary amides is 1. The molecule has 0 saturated heterocycles. The van der Waals surface area contributed by atoms with Gasteiger partial charge in [-0.15, -0.1) is 0 Å². The molecule has 1 rings (SSSR count). The van der Waals surface area contributed by atoms with E-state index in [1.54, 1.807) is 12.1 Å². The molecule has 1 aromatic rings. The maximum Gasteiger partial charge on any atom is 0.221 e. The lowest BCUT2D eigenvalue weighted by Crippen LogP contribution is -2.27. The molecule has 0 radical (unpaired) electrons. The fourth-order valence-electron chi connectivity index (χ4n) is 1.25. The highest BCUT2D eigenvalue weighted by molar-refractivity contribution is 7.85. The molecule has 0 aliphatic heterocycles. The number of rotatable bonds is 5. The molecule has 1 unspecified atom stereocenters. The van der Waals surface area contributed by atoms with Crippen LogP contribution in [0, 0.1) is 5.92 Å². The van der Waals surface area contributed by atoms with E-state index < -0.39 is 10.8 Å². The molecule has 0 aromatic heterocycles. The molecule has 4 heteroatoms. The lowest BCUT2D eigenvalue weighted by atomic mass is 10.1. The Bertz CT molecular complexity index is 351. The van der Waals surface area contributed by atoms with Crippen LogP contribution in [0.3, 0.4) is 0 Å². The van der Waals surface area contributed by atoms with Crippen LogP contribution in [-0.2, 0) is 15.6 Å². The standard InChI is InChI=1S/C11H15NO2S/c1-2-9(11(12)13)8-15(14)10-6-4-3-5-7-10/h3-7,9H,2,8H2,1H3,(H2,12,13)/t9-,15?/m0/s1. The quantitative estimate of drug-likeness (QED) is 0.821. The van der Waals surface area contributed by atoms with Crippen molar-refractivity contribution in [3.05, 3.63) is 30.3 Å². The molecule has 1 amide bonds. The van der Waals surface area contributed by atoms with Crippen LogP contribution in [0.5, 0.6) is 0 Å². The summed E-state index contributed by atoms with van der Waals surface area (Å²) in [4.78, 5) is 11.7. The largest absolute Gasteiger partial charge is 0.369 e. The Balaban J connectivity index is 2.67. The predicted molar refractivity (Wildman–Crippen MR) is 60.7 cm³/mol. The van der Waals surface area contributed by atoms with Crippen molar-refractivity contribution in [3.8, 4) is 0 Å². The molecule has 0 bridgehead atoms. The number of carbonyl (C=O) groups is 1. The average Bonchev–Trinajstić information content (AvgIpc) is 2.26. The highest BCUT2D eigenvalue weighted by atomic mass is 32.2. The van der Waals surface area contributed by atoms with Crippen molar-refractivity contribution in [1.82, 2.24) is 0 Å². The van der Waals surface area contributed by atoms with Crippen molar-refractivity contribution < 1.29 is 9.00 Å². The molecule has 3 nitrogen and oxygen atoms in total. The molecule has 0 spiro atoms. The highest BCUT2D eigenvalue weighted by Gasteiger charge is 2.17. The summed E-state index contributed by atoms with van der Waals surface area (Å²) in [6.45, 7) is 1.87. The van der Waals surface area contributed by atoms with E-state index >= 15 is 0 Å². The summed E-state index contributed by atoms with van der Waals surface area (Å²) >= 11 is 0. The van der Waals surface area contributed by atoms with Crippen molar-refractivity contribution in [3.63, 3.8) is 0 Å². The monoisotopic (exact) mass is 225 g/mol. The average molecular weight is 225 g/mol. The molecule has 0 heterocycles. The van der Waals surface area contributed by atoms with E-state index in [0.717, 1.165) is 4.90 Å². The van der Waals surface area contributed by atoms with E-state index in [1.165, 1.54) is 0 Å². The van der Waals surface area contributed by atoms with Gasteiger partial charge in [-0.25, -0.2) is 0 Å². The maximum atomic E-state index is 11.8. The Kier molecular flexibility index (Phi) is 4.49. The normalized spacial score (nSPS) is 14.5. The van der Waals surface area contributed by atoms with Gasteiger partial charge in [-0.3, -0.25) is 9.00 Å². The molecule has 0 aliphatic carbocycles. The van der Waals surface area contributed by atoms with Crippen molar-refractivity contribution in [2.45, 2.75) is 18.2 Å². The van der Waals surface area contributed by atoms with E-state index in [4.69, 9.17) is 5.73 Å². The second-order valence-corrected chi connectivity index (χ2v) is 4.83. The summed E-state index contributed by atoms with van der Waals surface area (Å²) in [6, 6.07) is 9.12. The van der Waals surface area contributed by atoms with Gasteiger partial charge in [0.05, 0.1) is 10.8 Å². The molecular weight excluding hydrogens is 210 g/mol. The van der Waals surface area contributed by atoms with Gasteiger partial charge >= 0.3 is 0 Å². The van der Waals surface area contributed by atoms with Crippen LogP contribution < -0.4 is 5.73 Å². The number of nitrogens with two attached hydrogens (primary N) is 1. The molecule has 82 valence electrons. The summed E-state index contributed by atoms with van der Waals surface area (Å²) in [7, 11) is -1.13. The first-order valence-corrected chi connectivity index (χ1v) is 6.19. The zero-order valence-corrected chi connectivity index (χ0v) is 9.50. The number of hydrogen-bond acceptors (Lipinski definition) is 2. The van der Waals surface area contributed by atoms with E-state index in [0.29, 0.717) is 12.2 Å². The lowest BCUT2D eigenvalue weighted by molar-refractivity contribution is -0.121. The van der Waals surface area contributed by atoms with Crippen LogP contribution in [-0.4, -0.2) is 15.9 Å². The third-order valence-corrected chi connectivity index (χ3v) is 3.76. The summed E-state index contributed by atoms with van der Waals surface area (Å²) in [5.41, 5.74) is 5.20. The van der Waals surface area contributed by atoms with Crippen LogP contribution in [0.4, 0.5) is 0 Å². The Morgan fingerprint density at radius 1 is 1.40 bits per heavy atom. The van der Waals surface area contributed by atoms with Gasteiger partial charge in [0.15, 0.2) is 0 Å². The molecule has 1 aromatic carbocycles. The molecular formula is C11H15NO2S. The lowest BCUT2D eigenvalue weighted by Gasteiger charge is -2.09. The maximum absolute atomic E-state index is 11.8. The zero-order chi connectivity index (χ0) is 11.3. The van der Waals surface area contributed by atoms with Gasteiger partial charge < -0.3 is 5.73 Å². The predicted octanol–water partition coefficient (Wildman–Crippen LogP) is 1.31. The van der Waals surface area contributed by atoms with Crippen LogP contribution in [0.15, 0.2) is 35.2 Å². The van der Waals surface area contributed by atoms with Gasteiger partial charge in [0.1, 0.15) is 0 Å². The van der Waals surface area contributed by atoms with Gasteiger partial charge in [-0.05, 0) is 18.6 Å². The summed E-state index contributed by atoms with van der Waals surface area (Å²) in [5.74, 6) is -0.358. The summed E-state index contributed by atoms with van der Waals surface area (Å²) in [5, 5.41) is 0. The molecule has 2 N–H and O–H groups in total. The third kappa shape index (κ3) is 3.47. The highest BCUT2D eigenvalue weighted by Crippen LogP contribution is 2.11. The van der Waals surface area contributed by atoms with E-state index in [2.05, 4.69) is 0 Å². The minimum atomic E-state index is -1.13. The molecule has 15 heavy (non-hydrogen) atoms. The Morgan fingerprint density at radius 2 is 2.00 bits per heavy atom. The fraction of sp³-hybridized carbons (Fsp3) is 0.364. The van der Waals surface area contributed by atoms with Gasteiger partial charge in [-0.1, -0.05) is 25.1 Å². The minimum absolute atomic E-state index is 0.300. The van der Waals surface area contributed by atoms with Gasteiger partial charge in [0, 0.05) is 16.6 Å². The van der Waals surface area contributed by atoms with Crippen LogP contribution in [0.2, 0.25) is 0 Å². The van der Waals surface area contributed by atoms with E-state index in [1.807, 2.05) is 25.1 Å². The van der Waals surface area contributed by atoms with E-state index in [9.17, 15) is 9.00 Å². The van der Waals surface area contributed by atoms with E-state index in [-0.39, 0.29) is 11.8 Å². The SMILES string of the molecule is CC[C@@H](CS(=O)c1ccccc1)C(N)=O. The number of carbonyl (C=O) groups excluding carboxylic acids is 1. The molecule has 0 aliphatic rings. The van der Waals surface area contributed by atoms with Crippen LogP contribution >= 0.6 is 0 Å².